The Morgan fingerprint density at radius 3 is 2.33 bits per heavy atom. The fourth-order valence-electron chi connectivity index (χ4n) is 1.81. The summed E-state index contributed by atoms with van der Waals surface area (Å²) in [5, 5.41) is 4.46. The van der Waals surface area contributed by atoms with Crippen molar-refractivity contribution in [3.05, 3.63) is 41.5 Å². The van der Waals surface area contributed by atoms with E-state index in [2.05, 4.69) is 17.0 Å². The molecule has 0 radical (unpaired) electrons. The maximum Gasteiger partial charge on any atom is 0.159 e. The van der Waals surface area contributed by atoms with Gasteiger partial charge in [0.05, 0.1) is 5.69 Å². The highest BCUT2D eigenvalue weighted by molar-refractivity contribution is 5.94. The van der Waals surface area contributed by atoms with Gasteiger partial charge in [-0.3, -0.25) is 4.79 Å². The quantitative estimate of drug-likeness (QED) is 0.775. The van der Waals surface area contributed by atoms with Crippen molar-refractivity contribution in [1.82, 2.24) is 14.8 Å². The highest BCUT2D eigenvalue weighted by atomic mass is 16.1. The molecule has 0 fully saturated rings. The summed E-state index contributed by atoms with van der Waals surface area (Å²) < 4.78 is 1.85. The molecule has 1 aromatic heterocycles. The first kappa shape index (κ1) is 12.5. The number of benzene rings is 1. The fraction of sp³-hybridized carbons (Fsp3) is 0.357. The number of aryl methyl sites for hydroxylation is 2. The maximum absolute atomic E-state index is 11.2. The molecule has 2 aromatic rings. The molecule has 0 aliphatic rings. The minimum Gasteiger partial charge on any atom is -0.295 e. The Hall–Kier alpha value is -1.97. The number of ketones is 1. The Morgan fingerprint density at radius 2 is 1.83 bits per heavy atom. The minimum absolute atomic E-state index is 0.0742. The second-order valence-electron chi connectivity index (χ2n) is 4.17. The topological polar surface area (TPSA) is 47.8 Å². The molecular weight excluding hydrogens is 226 g/mol. The first-order valence-corrected chi connectivity index (χ1v) is 6.21. The van der Waals surface area contributed by atoms with Crippen LogP contribution in [-0.4, -0.2) is 20.5 Å². The van der Waals surface area contributed by atoms with Crippen LogP contribution in [0.1, 0.15) is 42.8 Å². The van der Waals surface area contributed by atoms with Gasteiger partial charge in [0.15, 0.2) is 11.6 Å². The summed E-state index contributed by atoms with van der Waals surface area (Å²) in [7, 11) is 0. The molecule has 0 amide bonds. The van der Waals surface area contributed by atoms with E-state index in [9.17, 15) is 4.79 Å². The van der Waals surface area contributed by atoms with Crippen molar-refractivity contribution >= 4 is 5.78 Å². The molecule has 0 spiro atoms. The van der Waals surface area contributed by atoms with E-state index < -0.39 is 0 Å². The number of hydrogen-bond acceptors (Lipinski definition) is 3. The Labute approximate surface area is 107 Å². The molecule has 94 valence electrons. The second kappa shape index (κ2) is 5.12. The summed E-state index contributed by atoms with van der Waals surface area (Å²) in [4.78, 5) is 15.7. The van der Waals surface area contributed by atoms with Gasteiger partial charge in [-0.05, 0) is 31.2 Å². The van der Waals surface area contributed by atoms with Gasteiger partial charge in [-0.25, -0.2) is 9.67 Å². The molecular formula is C14H17N3O. The SMILES string of the molecule is CCc1nc(CC)n(-c2ccc(C(C)=O)cc2)n1. The third-order valence-corrected chi connectivity index (χ3v) is 2.87. The van der Waals surface area contributed by atoms with Crippen LogP contribution in [0.3, 0.4) is 0 Å². The van der Waals surface area contributed by atoms with Crippen LogP contribution in [-0.2, 0) is 12.8 Å². The van der Waals surface area contributed by atoms with Gasteiger partial charge >= 0.3 is 0 Å². The van der Waals surface area contributed by atoms with E-state index in [4.69, 9.17) is 0 Å². The Bertz CT molecular complexity index is 555. The Balaban J connectivity index is 2.41. The molecule has 0 unspecified atom stereocenters. The molecule has 0 bridgehead atoms. The minimum atomic E-state index is 0.0742. The van der Waals surface area contributed by atoms with Crippen molar-refractivity contribution in [3.8, 4) is 5.69 Å². The summed E-state index contributed by atoms with van der Waals surface area (Å²) in [5.41, 5.74) is 1.66. The highest BCUT2D eigenvalue weighted by Crippen LogP contribution is 2.12. The molecule has 0 aliphatic carbocycles. The molecule has 0 atom stereocenters. The van der Waals surface area contributed by atoms with Gasteiger partial charge in [0, 0.05) is 18.4 Å². The van der Waals surface area contributed by atoms with Gasteiger partial charge in [-0.2, -0.15) is 5.10 Å². The summed E-state index contributed by atoms with van der Waals surface area (Å²) in [6.45, 7) is 5.67. The predicted octanol–water partition coefficient (Wildman–Crippen LogP) is 2.59. The van der Waals surface area contributed by atoms with Crippen LogP contribution in [0.4, 0.5) is 0 Å². The summed E-state index contributed by atoms with van der Waals surface area (Å²) in [5.74, 6) is 1.87. The lowest BCUT2D eigenvalue weighted by Crippen LogP contribution is -2.02. The second-order valence-corrected chi connectivity index (χ2v) is 4.17. The number of aromatic nitrogens is 3. The normalized spacial score (nSPS) is 10.6. The zero-order chi connectivity index (χ0) is 13.1. The standard InChI is InChI=1S/C14H17N3O/c1-4-13-15-14(5-2)17(16-13)12-8-6-11(7-9-12)10(3)18/h6-9H,4-5H2,1-3H3. The number of hydrogen-bond donors (Lipinski definition) is 0. The fourth-order valence-corrected chi connectivity index (χ4v) is 1.81. The summed E-state index contributed by atoms with van der Waals surface area (Å²) in [6.07, 6.45) is 1.66. The van der Waals surface area contributed by atoms with Crippen molar-refractivity contribution in [3.63, 3.8) is 0 Å². The van der Waals surface area contributed by atoms with Crippen LogP contribution < -0.4 is 0 Å². The predicted molar refractivity (Wildman–Crippen MR) is 70.1 cm³/mol. The van der Waals surface area contributed by atoms with Crippen LogP contribution in [0.25, 0.3) is 5.69 Å². The first-order chi connectivity index (χ1) is 8.65. The van der Waals surface area contributed by atoms with Crippen LogP contribution in [0.15, 0.2) is 24.3 Å². The lowest BCUT2D eigenvalue weighted by Gasteiger charge is -2.04. The van der Waals surface area contributed by atoms with Crippen molar-refractivity contribution in [1.29, 1.82) is 0 Å². The van der Waals surface area contributed by atoms with Gasteiger partial charge in [-0.1, -0.05) is 13.8 Å². The van der Waals surface area contributed by atoms with E-state index in [1.165, 1.54) is 0 Å². The molecule has 0 saturated carbocycles. The summed E-state index contributed by atoms with van der Waals surface area (Å²) >= 11 is 0. The third-order valence-electron chi connectivity index (χ3n) is 2.87. The van der Waals surface area contributed by atoms with Crippen LogP contribution in [0.2, 0.25) is 0 Å². The van der Waals surface area contributed by atoms with Crippen LogP contribution in [0, 0.1) is 0 Å². The largest absolute Gasteiger partial charge is 0.295 e. The van der Waals surface area contributed by atoms with E-state index in [0.717, 1.165) is 30.2 Å². The van der Waals surface area contributed by atoms with E-state index >= 15 is 0 Å². The zero-order valence-electron chi connectivity index (χ0n) is 11.0. The number of carbonyl (C=O) groups is 1. The van der Waals surface area contributed by atoms with E-state index in [-0.39, 0.29) is 5.78 Å². The summed E-state index contributed by atoms with van der Waals surface area (Å²) in [6, 6.07) is 7.46. The average molecular weight is 243 g/mol. The average Bonchev–Trinajstić information content (AvgIpc) is 2.82. The van der Waals surface area contributed by atoms with Crippen molar-refractivity contribution in [2.45, 2.75) is 33.6 Å². The molecule has 0 N–H and O–H groups in total. The lowest BCUT2D eigenvalue weighted by molar-refractivity contribution is 0.101. The van der Waals surface area contributed by atoms with Crippen LogP contribution >= 0.6 is 0 Å². The number of nitrogens with zero attached hydrogens (tertiary/aromatic N) is 3. The van der Waals surface area contributed by atoms with Gasteiger partial charge in [0.25, 0.3) is 0 Å². The van der Waals surface area contributed by atoms with E-state index in [0.29, 0.717) is 5.56 Å². The Kier molecular flexibility index (Phi) is 3.55. The molecule has 2 rings (SSSR count). The van der Waals surface area contributed by atoms with Gasteiger partial charge in [0.1, 0.15) is 5.82 Å². The van der Waals surface area contributed by atoms with Crippen LogP contribution in [0.5, 0.6) is 0 Å². The lowest BCUT2D eigenvalue weighted by atomic mass is 10.1. The first-order valence-electron chi connectivity index (χ1n) is 6.21. The number of rotatable bonds is 4. The smallest absolute Gasteiger partial charge is 0.159 e. The van der Waals surface area contributed by atoms with E-state index in [1.807, 2.05) is 35.9 Å². The Morgan fingerprint density at radius 1 is 1.17 bits per heavy atom. The molecule has 18 heavy (non-hydrogen) atoms. The molecule has 1 heterocycles. The van der Waals surface area contributed by atoms with Gasteiger partial charge in [-0.15, -0.1) is 0 Å². The monoisotopic (exact) mass is 243 g/mol. The van der Waals surface area contributed by atoms with E-state index in [1.54, 1.807) is 6.92 Å². The third kappa shape index (κ3) is 2.32. The van der Waals surface area contributed by atoms with Gasteiger partial charge < -0.3 is 0 Å². The van der Waals surface area contributed by atoms with Gasteiger partial charge in [0.2, 0.25) is 0 Å². The molecule has 4 heteroatoms. The highest BCUT2D eigenvalue weighted by Gasteiger charge is 2.09. The molecule has 1 aromatic carbocycles. The maximum atomic E-state index is 11.2. The number of Topliss-reactive ketones (excluding diaryl/α,β-unsaturated/α-hetero) is 1. The zero-order valence-corrected chi connectivity index (χ0v) is 11.0. The number of carbonyl (C=O) groups excluding carboxylic acids is 1. The van der Waals surface area contributed by atoms with Crippen molar-refractivity contribution in [2.75, 3.05) is 0 Å². The molecule has 0 aliphatic heterocycles. The molecule has 4 nitrogen and oxygen atoms in total. The molecule has 0 saturated heterocycles. The van der Waals surface area contributed by atoms with Crippen molar-refractivity contribution < 1.29 is 4.79 Å². The van der Waals surface area contributed by atoms with Crippen molar-refractivity contribution in [2.24, 2.45) is 0 Å².